The van der Waals surface area contributed by atoms with Crippen LogP contribution in [0.5, 0.6) is 0 Å². The van der Waals surface area contributed by atoms with Gasteiger partial charge < -0.3 is 5.11 Å². The first-order chi connectivity index (χ1) is 5.77. The van der Waals surface area contributed by atoms with E-state index in [0.717, 1.165) is 18.9 Å². The van der Waals surface area contributed by atoms with E-state index in [4.69, 9.17) is 5.11 Å². The number of carboxylic acid groups (broad SMARTS) is 1. The third-order valence-electron chi connectivity index (χ3n) is 1.32. The summed E-state index contributed by atoms with van der Waals surface area (Å²) in [6.45, 7) is 2.14. The molecule has 0 bridgehead atoms. The van der Waals surface area contributed by atoms with E-state index in [0.29, 0.717) is 0 Å². The molecule has 2 nitrogen and oxygen atoms in total. The fourth-order valence-electron chi connectivity index (χ4n) is 0.707. The third-order valence-corrected chi connectivity index (χ3v) is 1.32. The van der Waals surface area contributed by atoms with Gasteiger partial charge in [0.2, 0.25) is 0 Å². The Morgan fingerprint density at radius 1 is 1.50 bits per heavy atom. The van der Waals surface area contributed by atoms with Crippen molar-refractivity contribution in [1.82, 2.24) is 0 Å². The summed E-state index contributed by atoms with van der Waals surface area (Å²) in [5.74, 6) is 4.59. The fourth-order valence-corrected chi connectivity index (χ4v) is 0.707. The molecule has 12 heavy (non-hydrogen) atoms. The number of unbranched alkanes of at least 4 members (excludes halogenated alkanes) is 3. The lowest BCUT2D eigenvalue weighted by molar-refractivity contribution is -0.131. The van der Waals surface area contributed by atoms with Gasteiger partial charge in [-0.15, -0.1) is 0 Å². The lowest BCUT2D eigenvalue weighted by atomic mass is 10.2. The van der Waals surface area contributed by atoms with Crippen LogP contribution in [-0.2, 0) is 4.79 Å². The number of rotatable bonds is 4. The van der Waals surface area contributed by atoms with E-state index in [1.807, 2.05) is 0 Å². The SMILES string of the molecule is CCCCCC#CC=CC(=O)O. The van der Waals surface area contributed by atoms with Gasteiger partial charge in [-0.3, -0.25) is 0 Å². The molecule has 0 saturated carbocycles. The van der Waals surface area contributed by atoms with Crippen LogP contribution in [0.3, 0.4) is 0 Å². The zero-order valence-corrected chi connectivity index (χ0v) is 7.34. The number of aliphatic carboxylic acids is 1. The zero-order valence-electron chi connectivity index (χ0n) is 7.34. The van der Waals surface area contributed by atoms with Crippen LogP contribution in [0.4, 0.5) is 0 Å². The van der Waals surface area contributed by atoms with Gasteiger partial charge in [-0.25, -0.2) is 4.79 Å². The summed E-state index contributed by atoms with van der Waals surface area (Å²) < 4.78 is 0. The van der Waals surface area contributed by atoms with Crippen LogP contribution in [0.1, 0.15) is 32.6 Å². The second kappa shape index (κ2) is 7.87. The van der Waals surface area contributed by atoms with Crippen LogP contribution in [0, 0.1) is 11.8 Å². The summed E-state index contributed by atoms with van der Waals surface area (Å²) in [7, 11) is 0. The molecule has 2 heteroatoms. The summed E-state index contributed by atoms with van der Waals surface area (Å²) in [5.41, 5.74) is 0. The maximum Gasteiger partial charge on any atom is 0.328 e. The van der Waals surface area contributed by atoms with Crippen molar-refractivity contribution >= 4 is 5.97 Å². The molecule has 0 rings (SSSR count). The first-order valence-corrected chi connectivity index (χ1v) is 4.15. The summed E-state index contributed by atoms with van der Waals surface area (Å²) >= 11 is 0. The van der Waals surface area contributed by atoms with E-state index in [-0.39, 0.29) is 0 Å². The largest absolute Gasteiger partial charge is 0.478 e. The molecule has 0 spiro atoms. The van der Waals surface area contributed by atoms with Crippen LogP contribution < -0.4 is 0 Å². The number of carbonyl (C=O) groups is 1. The number of hydrogen-bond acceptors (Lipinski definition) is 1. The summed E-state index contributed by atoms with van der Waals surface area (Å²) in [6.07, 6.45) is 6.76. The summed E-state index contributed by atoms with van der Waals surface area (Å²) in [5, 5.41) is 8.20. The minimum atomic E-state index is -0.946. The van der Waals surface area contributed by atoms with Crippen molar-refractivity contribution in [2.45, 2.75) is 32.6 Å². The normalized spacial score (nSPS) is 9.42. The second-order valence-electron chi connectivity index (χ2n) is 2.45. The number of hydrogen-bond donors (Lipinski definition) is 1. The van der Waals surface area contributed by atoms with Crippen molar-refractivity contribution in [2.75, 3.05) is 0 Å². The van der Waals surface area contributed by atoms with Crippen molar-refractivity contribution in [3.63, 3.8) is 0 Å². The predicted octanol–water partition coefficient (Wildman–Crippen LogP) is 2.21. The van der Waals surface area contributed by atoms with Crippen LogP contribution in [0.25, 0.3) is 0 Å². The van der Waals surface area contributed by atoms with Gasteiger partial charge in [0.05, 0.1) is 0 Å². The molecule has 0 amide bonds. The average molecular weight is 166 g/mol. The van der Waals surface area contributed by atoms with Gasteiger partial charge in [0.15, 0.2) is 0 Å². The molecule has 0 aromatic rings. The molecule has 0 aromatic heterocycles. The van der Waals surface area contributed by atoms with Crippen molar-refractivity contribution in [3.05, 3.63) is 12.2 Å². The molecule has 0 aliphatic rings. The number of carboxylic acids is 1. The average Bonchev–Trinajstić information content (AvgIpc) is 2.02. The van der Waals surface area contributed by atoms with Crippen LogP contribution in [-0.4, -0.2) is 11.1 Å². The molecule has 0 fully saturated rings. The molecule has 0 aromatic carbocycles. The van der Waals surface area contributed by atoms with E-state index in [1.165, 1.54) is 18.9 Å². The molecule has 0 unspecified atom stereocenters. The van der Waals surface area contributed by atoms with Gasteiger partial charge in [0.25, 0.3) is 0 Å². The molecular formula is C10H14O2. The Bertz CT molecular complexity index is 206. The molecule has 0 saturated heterocycles. The predicted molar refractivity (Wildman–Crippen MR) is 48.7 cm³/mol. The van der Waals surface area contributed by atoms with E-state index in [1.54, 1.807) is 0 Å². The summed E-state index contributed by atoms with van der Waals surface area (Å²) in [4.78, 5) is 9.98. The van der Waals surface area contributed by atoms with E-state index in [9.17, 15) is 4.79 Å². The Labute approximate surface area is 73.3 Å². The molecular weight excluding hydrogens is 152 g/mol. The van der Waals surface area contributed by atoms with E-state index in [2.05, 4.69) is 18.8 Å². The van der Waals surface area contributed by atoms with Gasteiger partial charge in [-0.1, -0.05) is 31.6 Å². The minimum absolute atomic E-state index is 0.859. The van der Waals surface area contributed by atoms with Crippen molar-refractivity contribution in [3.8, 4) is 11.8 Å². The highest BCUT2D eigenvalue weighted by Crippen LogP contribution is 1.96. The van der Waals surface area contributed by atoms with Gasteiger partial charge in [-0.2, -0.15) is 0 Å². The molecule has 0 heterocycles. The highest BCUT2D eigenvalue weighted by Gasteiger charge is 1.81. The van der Waals surface area contributed by atoms with Crippen LogP contribution >= 0.6 is 0 Å². The summed E-state index contributed by atoms with van der Waals surface area (Å²) in [6, 6.07) is 0. The molecule has 0 atom stereocenters. The smallest absolute Gasteiger partial charge is 0.328 e. The van der Waals surface area contributed by atoms with Gasteiger partial charge in [0, 0.05) is 12.5 Å². The number of allylic oxidation sites excluding steroid dienone is 1. The highest BCUT2D eigenvalue weighted by molar-refractivity contribution is 5.80. The quantitative estimate of drug-likeness (QED) is 0.395. The lowest BCUT2D eigenvalue weighted by Crippen LogP contribution is -1.84. The van der Waals surface area contributed by atoms with Crippen molar-refractivity contribution < 1.29 is 9.90 Å². The maximum atomic E-state index is 9.98. The van der Waals surface area contributed by atoms with Gasteiger partial charge in [-0.05, 0) is 12.5 Å². The van der Waals surface area contributed by atoms with Crippen LogP contribution in [0.15, 0.2) is 12.2 Å². The molecule has 66 valence electrons. The highest BCUT2D eigenvalue weighted by atomic mass is 16.4. The van der Waals surface area contributed by atoms with E-state index < -0.39 is 5.97 Å². The Kier molecular flexibility index (Phi) is 7.07. The first kappa shape index (κ1) is 10.8. The minimum Gasteiger partial charge on any atom is -0.478 e. The maximum absolute atomic E-state index is 9.98. The molecule has 0 aliphatic carbocycles. The third kappa shape index (κ3) is 8.77. The van der Waals surface area contributed by atoms with Crippen LogP contribution in [0.2, 0.25) is 0 Å². The Balaban J connectivity index is 3.40. The molecule has 0 radical (unpaired) electrons. The standard InChI is InChI=1S/C10H14O2/c1-2-3-4-5-6-7-8-9-10(11)12/h8-9H,2-5H2,1H3,(H,11,12). The second-order valence-corrected chi connectivity index (χ2v) is 2.45. The van der Waals surface area contributed by atoms with Gasteiger partial charge in [0.1, 0.15) is 0 Å². The zero-order chi connectivity index (χ0) is 9.23. The van der Waals surface area contributed by atoms with E-state index >= 15 is 0 Å². The van der Waals surface area contributed by atoms with Crippen molar-refractivity contribution in [2.24, 2.45) is 0 Å². The molecule has 1 N–H and O–H groups in total. The Hall–Kier alpha value is -1.23. The van der Waals surface area contributed by atoms with Crippen molar-refractivity contribution in [1.29, 1.82) is 0 Å². The Morgan fingerprint density at radius 2 is 2.25 bits per heavy atom. The monoisotopic (exact) mass is 166 g/mol. The lowest BCUT2D eigenvalue weighted by Gasteiger charge is -1.87. The first-order valence-electron chi connectivity index (χ1n) is 4.15. The molecule has 0 aliphatic heterocycles. The fraction of sp³-hybridized carbons (Fsp3) is 0.500. The van der Waals surface area contributed by atoms with Gasteiger partial charge >= 0.3 is 5.97 Å². The topological polar surface area (TPSA) is 37.3 Å². The Morgan fingerprint density at radius 3 is 2.83 bits per heavy atom.